The highest BCUT2D eigenvalue weighted by atomic mass is 32.2. The van der Waals surface area contributed by atoms with Gasteiger partial charge in [-0.25, -0.2) is 4.79 Å². The monoisotopic (exact) mass is 587 g/mol. The van der Waals surface area contributed by atoms with Crippen LogP contribution in [0.2, 0.25) is 0 Å². The third-order valence-corrected chi connectivity index (χ3v) is 7.10. The molecule has 0 aliphatic heterocycles. The number of nitrogens with two attached hydrogens (primary N) is 2. The maximum absolute atomic E-state index is 13.5. The molecule has 0 saturated heterocycles. The Bertz CT molecular complexity index is 1120. The summed E-state index contributed by atoms with van der Waals surface area (Å²) >= 11 is 1.47. The number of amides is 3. The molecule has 4 atom stereocenters. The zero-order valence-electron chi connectivity index (χ0n) is 23.3. The van der Waals surface area contributed by atoms with Crippen molar-refractivity contribution >= 4 is 35.5 Å². The van der Waals surface area contributed by atoms with Crippen LogP contribution in [0, 0.1) is 0 Å². The molecule has 0 saturated carbocycles. The number of hydrogen-bond donors (Lipinski definition) is 7. The van der Waals surface area contributed by atoms with Crippen LogP contribution in [0.15, 0.2) is 54.6 Å². The molecule has 0 bridgehead atoms. The lowest BCUT2D eigenvalue weighted by Crippen LogP contribution is -2.58. The third kappa shape index (κ3) is 12.2. The van der Waals surface area contributed by atoms with Gasteiger partial charge in [0.25, 0.3) is 0 Å². The van der Waals surface area contributed by atoms with Crippen LogP contribution in [-0.2, 0) is 32.0 Å². The number of phenols is 1. The Labute approximate surface area is 244 Å². The van der Waals surface area contributed by atoms with Crippen molar-refractivity contribution in [3.8, 4) is 5.75 Å². The molecule has 2 rings (SSSR count). The Hall–Kier alpha value is -3.61. The highest BCUT2D eigenvalue weighted by molar-refractivity contribution is 7.98. The molecule has 12 heteroatoms. The molecule has 0 aliphatic carbocycles. The van der Waals surface area contributed by atoms with Crippen LogP contribution >= 0.6 is 11.8 Å². The minimum atomic E-state index is -1.26. The summed E-state index contributed by atoms with van der Waals surface area (Å²) in [5, 5.41) is 27.2. The number of carbonyl (C=O) groups excluding carboxylic acids is 3. The fraction of sp³-hybridized carbons (Fsp3) is 0.448. The van der Waals surface area contributed by atoms with Gasteiger partial charge in [0, 0.05) is 12.8 Å². The molecule has 41 heavy (non-hydrogen) atoms. The first-order chi connectivity index (χ1) is 19.6. The van der Waals surface area contributed by atoms with Gasteiger partial charge in [0.05, 0.1) is 6.04 Å². The average Bonchev–Trinajstić information content (AvgIpc) is 2.95. The SMILES string of the molecule is CSCCC(NC(=O)C(Cc1ccccc1)NC(=O)C(N)CCCCN)C(=O)NC(Cc1ccc(O)cc1)C(=O)O. The van der Waals surface area contributed by atoms with E-state index in [2.05, 4.69) is 16.0 Å². The van der Waals surface area contributed by atoms with Crippen LogP contribution in [-0.4, -0.2) is 76.6 Å². The number of phenolic OH excluding ortho intramolecular Hbond substituents is 1. The van der Waals surface area contributed by atoms with E-state index in [-0.39, 0.29) is 25.0 Å². The summed E-state index contributed by atoms with van der Waals surface area (Å²) in [6, 6.07) is 11.0. The van der Waals surface area contributed by atoms with Crippen molar-refractivity contribution in [2.45, 2.75) is 62.7 Å². The maximum Gasteiger partial charge on any atom is 0.326 e. The molecule has 224 valence electrons. The van der Waals surface area contributed by atoms with Crippen molar-refractivity contribution < 1.29 is 29.4 Å². The van der Waals surface area contributed by atoms with Crippen LogP contribution < -0.4 is 27.4 Å². The van der Waals surface area contributed by atoms with Gasteiger partial charge in [0.1, 0.15) is 23.9 Å². The van der Waals surface area contributed by atoms with E-state index >= 15 is 0 Å². The first kappa shape index (κ1) is 33.6. The summed E-state index contributed by atoms with van der Waals surface area (Å²) < 4.78 is 0. The first-order valence-electron chi connectivity index (χ1n) is 13.5. The van der Waals surface area contributed by atoms with Crippen LogP contribution in [0.3, 0.4) is 0 Å². The smallest absolute Gasteiger partial charge is 0.326 e. The quantitative estimate of drug-likeness (QED) is 0.124. The lowest BCUT2D eigenvalue weighted by Gasteiger charge is -2.25. The van der Waals surface area contributed by atoms with Gasteiger partial charge in [0.15, 0.2) is 0 Å². The van der Waals surface area contributed by atoms with Gasteiger partial charge in [-0.3, -0.25) is 14.4 Å². The van der Waals surface area contributed by atoms with Crippen molar-refractivity contribution in [3.63, 3.8) is 0 Å². The van der Waals surface area contributed by atoms with Crippen LogP contribution in [0.4, 0.5) is 0 Å². The number of carboxylic acids is 1. The second-order valence-electron chi connectivity index (χ2n) is 9.75. The summed E-state index contributed by atoms with van der Waals surface area (Å²) in [5.74, 6) is -2.39. The van der Waals surface area contributed by atoms with E-state index in [1.54, 1.807) is 12.1 Å². The maximum atomic E-state index is 13.5. The summed E-state index contributed by atoms with van der Waals surface area (Å²) in [4.78, 5) is 51.5. The van der Waals surface area contributed by atoms with Gasteiger partial charge in [-0.05, 0) is 61.1 Å². The molecule has 2 aromatic carbocycles. The van der Waals surface area contributed by atoms with E-state index < -0.39 is 47.9 Å². The lowest BCUT2D eigenvalue weighted by atomic mass is 10.0. The van der Waals surface area contributed by atoms with Crippen molar-refractivity contribution in [2.75, 3.05) is 18.6 Å². The molecule has 0 radical (unpaired) electrons. The number of benzene rings is 2. The summed E-state index contributed by atoms with van der Waals surface area (Å²) in [6.07, 6.45) is 4.07. The fourth-order valence-corrected chi connectivity index (χ4v) is 4.57. The Morgan fingerprint density at radius 2 is 1.34 bits per heavy atom. The van der Waals surface area contributed by atoms with Crippen LogP contribution in [0.25, 0.3) is 0 Å². The number of hydrogen-bond acceptors (Lipinski definition) is 8. The van der Waals surface area contributed by atoms with Gasteiger partial charge in [-0.1, -0.05) is 48.9 Å². The largest absolute Gasteiger partial charge is 0.508 e. The number of aliphatic carboxylic acids is 1. The minimum absolute atomic E-state index is 0.0146. The summed E-state index contributed by atoms with van der Waals surface area (Å²) in [5.41, 5.74) is 13.0. The van der Waals surface area contributed by atoms with E-state index in [4.69, 9.17) is 11.5 Å². The Morgan fingerprint density at radius 3 is 1.95 bits per heavy atom. The van der Waals surface area contributed by atoms with Crippen molar-refractivity contribution in [1.29, 1.82) is 0 Å². The first-order valence-corrected chi connectivity index (χ1v) is 14.9. The van der Waals surface area contributed by atoms with E-state index in [0.717, 1.165) is 12.0 Å². The molecule has 4 unspecified atom stereocenters. The predicted molar refractivity (Wildman–Crippen MR) is 159 cm³/mol. The zero-order valence-corrected chi connectivity index (χ0v) is 24.1. The van der Waals surface area contributed by atoms with Gasteiger partial charge in [-0.2, -0.15) is 11.8 Å². The number of carboxylic acid groups (broad SMARTS) is 1. The van der Waals surface area contributed by atoms with Crippen molar-refractivity contribution in [2.24, 2.45) is 11.5 Å². The van der Waals surface area contributed by atoms with Crippen molar-refractivity contribution in [3.05, 3.63) is 65.7 Å². The Balaban J connectivity index is 2.18. The number of unbranched alkanes of at least 4 members (excludes halogenated alkanes) is 1. The minimum Gasteiger partial charge on any atom is -0.508 e. The number of nitrogens with one attached hydrogen (secondary N) is 3. The number of carbonyl (C=O) groups is 4. The molecule has 9 N–H and O–H groups in total. The molecule has 3 amide bonds. The van der Waals surface area contributed by atoms with E-state index in [1.165, 1.54) is 23.9 Å². The molecule has 0 spiro atoms. The number of rotatable bonds is 18. The van der Waals surface area contributed by atoms with Crippen LogP contribution in [0.1, 0.15) is 36.8 Å². The second-order valence-corrected chi connectivity index (χ2v) is 10.7. The molecular formula is C29H41N5O6S. The molecule has 0 aliphatic rings. The normalized spacial score (nSPS) is 13.8. The second kappa shape index (κ2) is 17.9. The molecule has 0 heterocycles. The number of aromatic hydroxyl groups is 1. The van der Waals surface area contributed by atoms with Gasteiger partial charge in [-0.15, -0.1) is 0 Å². The number of thioether (sulfide) groups is 1. The van der Waals surface area contributed by atoms with Gasteiger partial charge < -0.3 is 37.6 Å². The Morgan fingerprint density at radius 1 is 0.780 bits per heavy atom. The topological polar surface area (TPSA) is 197 Å². The van der Waals surface area contributed by atoms with Crippen molar-refractivity contribution in [1.82, 2.24) is 16.0 Å². The standard InChI is InChI=1S/C29H41N5O6S/c1-41-16-14-23(27(37)34-25(29(39)40)18-20-10-12-21(35)13-11-20)32-28(38)24(17-19-7-3-2-4-8-19)33-26(36)22(31)9-5-6-15-30/h2-4,7-8,10-13,22-25,35H,5-6,9,14-18,30-31H2,1H3,(H,32,38)(H,33,36)(H,34,37)(H,39,40). The predicted octanol–water partition coefficient (Wildman–Crippen LogP) is 0.926. The van der Waals surface area contributed by atoms with E-state index in [0.29, 0.717) is 30.7 Å². The molecule has 0 aromatic heterocycles. The zero-order chi connectivity index (χ0) is 30.2. The summed E-state index contributed by atoms with van der Waals surface area (Å²) in [6.45, 7) is 0.491. The highest BCUT2D eigenvalue weighted by Crippen LogP contribution is 2.12. The molecule has 0 fully saturated rings. The third-order valence-electron chi connectivity index (χ3n) is 6.46. The molecule has 11 nitrogen and oxygen atoms in total. The molecule has 2 aromatic rings. The van der Waals surface area contributed by atoms with E-state index in [9.17, 15) is 29.4 Å². The van der Waals surface area contributed by atoms with Gasteiger partial charge >= 0.3 is 5.97 Å². The average molecular weight is 588 g/mol. The van der Waals surface area contributed by atoms with E-state index in [1.807, 2.05) is 36.6 Å². The highest BCUT2D eigenvalue weighted by Gasteiger charge is 2.30. The van der Waals surface area contributed by atoms with Gasteiger partial charge in [0.2, 0.25) is 17.7 Å². The molecular weight excluding hydrogens is 546 g/mol. The Kier molecular flexibility index (Phi) is 14.7. The lowest BCUT2D eigenvalue weighted by molar-refractivity contribution is -0.142. The fourth-order valence-electron chi connectivity index (χ4n) is 4.09. The summed E-state index contributed by atoms with van der Waals surface area (Å²) in [7, 11) is 0. The van der Waals surface area contributed by atoms with Crippen LogP contribution in [0.5, 0.6) is 5.75 Å².